The minimum Gasteiger partial charge on any atom is -0.494 e. The number of ether oxygens (including phenoxy) is 1. The molecule has 5 heteroatoms. The predicted molar refractivity (Wildman–Crippen MR) is 130 cm³/mol. The van der Waals surface area contributed by atoms with Gasteiger partial charge in [0.1, 0.15) is 11.8 Å². The Morgan fingerprint density at radius 2 is 1.53 bits per heavy atom. The van der Waals surface area contributed by atoms with E-state index in [1.165, 1.54) is 11.1 Å². The lowest BCUT2D eigenvalue weighted by molar-refractivity contribution is -0.141. The standard InChI is InChI=1S/C27H38N2O3/c1-6-22(5)28-27(31)25(7-2)29(19-23-14-10-20(3)11-15-23)26(30)9-8-18-32-24-16-12-21(4)13-17-24/h10-17,22,25H,6-9,18-19H2,1-5H3,(H,28,31). The number of hydrogen-bond donors (Lipinski definition) is 1. The third-order valence-corrected chi connectivity index (χ3v) is 5.69. The largest absolute Gasteiger partial charge is 0.494 e. The second-order valence-electron chi connectivity index (χ2n) is 8.51. The molecule has 2 atom stereocenters. The average molecular weight is 439 g/mol. The van der Waals surface area contributed by atoms with Crippen LogP contribution in [0.15, 0.2) is 48.5 Å². The normalized spacial score (nSPS) is 12.7. The van der Waals surface area contributed by atoms with E-state index in [0.29, 0.717) is 32.4 Å². The van der Waals surface area contributed by atoms with Crippen molar-refractivity contribution < 1.29 is 14.3 Å². The highest BCUT2D eigenvalue weighted by Gasteiger charge is 2.28. The van der Waals surface area contributed by atoms with Crippen molar-refractivity contribution in [3.63, 3.8) is 0 Å². The van der Waals surface area contributed by atoms with E-state index in [1.54, 1.807) is 4.90 Å². The van der Waals surface area contributed by atoms with Gasteiger partial charge in [0.25, 0.3) is 0 Å². The number of carbonyl (C=O) groups is 2. The van der Waals surface area contributed by atoms with Gasteiger partial charge in [-0.25, -0.2) is 0 Å². The van der Waals surface area contributed by atoms with Crippen LogP contribution in [0.1, 0.15) is 63.1 Å². The molecule has 0 aliphatic carbocycles. The van der Waals surface area contributed by atoms with E-state index in [-0.39, 0.29) is 17.9 Å². The first kappa shape index (κ1) is 25.4. The summed E-state index contributed by atoms with van der Waals surface area (Å²) >= 11 is 0. The zero-order chi connectivity index (χ0) is 23.5. The lowest BCUT2D eigenvalue weighted by atomic mass is 10.1. The number of aryl methyl sites for hydroxylation is 2. The van der Waals surface area contributed by atoms with Crippen molar-refractivity contribution in [3.8, 4) is 5.75 Å². The molecule has 1 N–H and O–H groups in total. The molecule has 0 spiro atoms. The Balaban J connectivity index is 2.05. The second-order valence-corrected chi connectivity index (χ2v) is 8.51. The first-order valence-electron chi connectivity index (χ1n) is 11.7. The summed E-state index contributed by atoms with van der Waals surface area (Å²) in [6.07, 6.45) is 2.36. The maximum atomic E-state index is 13.2. The molecule has 0 aliphatic heterocycles. The van der Waals surface area contributed by atoms with Crippen LogP contribution in [-0.4, -0.2) is 35.4 Å². The molecular weight excluding hydrogens is 400 g/mol. The molecule has 0 aromatic heterocycles. The van der Waals surface area contributed by atoms with Crippen LogP contribution in [0.5, 0.6) is 5.75 Å². The lowest BCUT2D eigenvalue weighted by Gasteiger charge is -2.31. The predicted octanol–water partition coefficient (Wildman–Crippen LogP) is 5.18. The smallest absolute Gasteiger partial charge is 0.243 e. The molecule has 32 heavy (non-hydrogen) atoms. The van der Waals surface area contributed by atoms with Crippen molar-refractivity contribution in [2.75, 3.05) is 6.61 Å². The van der Waals surface area contributed by atoms with E-state index in [0.717, 1.165) is 17.7 Å². The molecule has 174 valence electrons. The van der Waals surface area contributed by atoms with Crippen LogP contribution in [0.3, 0.4) is 0 Å². The van der Waals surface area contributed by atoms with Crippen molar-refractivity contribution in [1.82, 2.24) is 10.2 Å². The zero-order valence-electron chi connectivity index (χ0n) is 20.2. The third kappa shape index (κ3) is 8.03. The summed E-state index contributed by atoms with van der Waals surface area (Å²) in [5, 5.41) is 3.05. The average Bonchev–Trinajstić information content (AvgIpc) is 2.78. The van der Waals surface area contributed by atoms with Crippen LogP contribution in [0.25, 0.3) is 0 Å². The van der Waals surface area contributed by atoms with Gasteiger partial charge in [-0.05, 0) is 57.7 Å². The van der Waals surface area contributed by atoms with E-state index >= 15 is 0 Å². The molecular formula is C27H38N2O3. The fourth-order valence-corrected chi connectivity index (χ4v) is 3.44. The van der Waals surface area contributed by atoms with Gasteiger partial charge in [-0.1, -0.05) is 61.4 Å². The molecule has 2 aromatic carbocycles. The van der Waals surface area contributed by atoms with Gasteiger partial charge >= 0.3 is 0 Å². The Morgan fingerprint density at radius 3 is 2.09 bits per heavy atom. The minimum absolute atomic E-state index is 0.0239. The summed E-state index contributed by atoms with van der Waals surface area (Å²) in [5.41, 5.74) is 3.37. The molecule has 2 aromatic rings. The molecule has 2 amide bonds. The molecule has 0 saturated heterocycles. The van der Waals surface area contributed by atoms with Gasteiger partial charge in [-0.3, -0.25) is 9.59 Å². The monoisotopic (exact) mass is 438 g/mol. The summed E-state index contributed by atoms with van der Waals surface area (Å²) in [6.45, 7) is 10.9. The summed E-state index contributed by atoms with van der Waals surface area (Å²) < 4.78 is 5.77. The van der Waals surface area contributed by atoms with Gasteiger partial charge in [0.15, 0.2) is 0 Å². The van der Waals surface area contributed by atoms with Crippen molar-refractivity contribution in [1.29, 1.82) is 0 Å². The van der Waals surface area contributed by atoms with E-state index in [4.69, 9.17) is 4.74 Å². The van der Waals surface area contributed by atoms with E-state index in [2.05, 4.69) is 5.32 Å². The SMILES string of the molecule is CCC(C)NC(=O)C(CC)N(Cc1ccc(C)cc1)C(=O)CCCOc1ccc(C)cc1. The Kier molecular flexibility index (Phi) is 10.3. The molecule has 0 radical (unpaired) electrons. The van der Waals surface area contributed by atoms with Gasteiger partial charge < -0.3 is 15.0 Å². The van der Waals surface area contributed by atoms with Crippen molar-refractivity contribution in [2.45, 2.75) is 78.9 Å². The topological polar surface area (TPSA) is 58.6 Å². The molecule has 0 aliphatic rings. The van der Waals surface area contributed by atoms with Crippen LogP contribution >= 0.6 is 0 Å². The zero-order valence-corrected chi connectivity index (χ0v) is 20.2. The summed E-state index contributed by atoms with van der Waals surface area (Å²) in [6, 6.07) is 15.6. The van der Waals surface area contributed by atoms with Gasteiger partial charge in [0.2, 0.25) is 11.8 Å². The lowest BCUT2D eigenvalue weighted by Crippen LogP contribution is -2.50. The maximum Gasteiger partial charge on any atom is 0.243 e. The van der Waals surface area contributed by atoms with Gasteiger partial charge in [0.05, 0.1) is 6.61 Å². The summed E-state index contributed by atoms with van der Waals surface area (Å²) in [4.78, 5) is 27.9. The molecule has 5 nitrogen and oxygen atoms in total. The molecule has 0 fully saturated rings. The number of rotatable bonds is 12. The van der Waals surface area contributed by atoms with Crippen molar-refractivity contribution in [3.05, 3.63) is 65.2 Å². The van der Waals surface area contributed by atoms with Crippen LogP contribution < -0.4 is 10.1 Å². The first-order chi connectivity index (χ1) is 15.3. The van der Waals surface area contributed by atoms with E-state index in [9.17, 15) is 9.59 Å². The van der Waals surface area contributed by atoms with Crippen LogP contribution in [0.4, 0.5) is 0 Å². The fourth-order valence-electron chi connectivity index (χ4n) is 3.44. The summed E-state index contributed by atoms with van der Waals surface area (Å²) in [5.74, 6) is 0.696. The molecule has 2 rings (SSSR count). The number of carbonyl (C=O) groups excluding carboxylic acids is 2. The van der Waals surface area contributed by atoms with Crippen molar-refractivity contribution in [2.24, 2.45) is 0 Å². The van der Waals surface area contributed by atoms with E-state index in [1.807, 2.05) is 83.1 Å². The molecule has 0 saturated carbocycles. The Hall–Kier alpha value is -2.82. The summed E-state index contributed by atoms with van der Waals surface area (Å²) in [7, 11) is 0. The maximum absolute atomic E-state index is 13.2. The second kappa shape index (κ2) is 12.9. The number of amides is 2. The number of hydrogen-bond acceptors (Lipinski definition) is 3. The highest BCUT2D eigenvalue weighted by molar-refractivity contribution is 5.87. The van der Waals surface area contributed by atoms with Gasteiger partial charge in [-0.2, -0.15) is 0 Å². The Labute approximate surface area is 193 Å². The van der Waals surface area contributed by atoms with Gasteiger partial charge in [0, 0.05) is 19.0 Å². The minimum atomic E-state index is -0.490. The fraction of sp³-hybridized carbons (Fsp3) is 0.481. The number of nitrogens with one attached hydrogen (secondary N) is 1. The number of nitrogens with zero attached hydrogens (tertiary/aromatic N) is 1. The first-order valence-corrected chi connectivity index (χ1v) is 11.7. The van der Waals surface area contributed by atoms with E-state index < -0.39 is 6.04 Å². The van der Waals surface area contributed by atoms with Crippen LogP contribution in [-0.2, 0) is 16.1 Å². The van der Waals surface area contributed by atoms with Crippen LogP contribution in [0.2, 0.25) is 0 Å². The van der Waals surface area contributed by atoms with Gasteiger partial charge in [-0.15, -0.1) is 0 Å². The molecule has 2 unspecified atom stereocenters. The third-order valence-electron chi connectivity index (χ3n) is 5.69. The number of benzene rings is 2. The van der Waals surface area contributed by atoms with Crippen molar-refractivity contribution >= 4 is 11.8 Å². The highest BCUT2D eigenvalue weighted by Crippen LogP contribution is 2.16. The Morgan fingerprint density at radius 1 is 0.938 bits per heavy atom. The van der Waals surface area contributed by atoms with Crippen LogP contribution in [0, 0.1) is 13.8 Å². The highest BCUT2D eigenvalue weighted by atomic mass is 16.5. The molecule has 0 bridgehead atoms. The quantitative estimate of drug-likeness (QED) is 0.464. The molecule has 0 heterocycles. The Bertz CT molecular complexity index is 846.